The van der Waals surface area contributed by atoms with E-state index in [9.17, 15) is 10.1 Å². The second-order valence-electron chi connectivity index (χ2n) is 8.48. The lowest BCUT2D eigenvalue weighted by molar-refractivity contribution is -0.136. The maximum Gasteiger partial charge on any atom is 0.240 e. The Hall–Kier alpha value is -1.65. The number of thiazole rings is 1. The smallest absolute Gasteiger partial charge is 0.240 e. The third kappa shape index (κ3) is 3.03. The van der Waals surface area contributed by atoms with Crippen molar-refractivity contribution in [2.75, 3.05) is 24.5 Å². The molecule has 1 aromatic rings. The first-order valence-corrected chi connectivity index (χ1v) is 11.2. The number of anilines is 1. The van der Waals surface area contributed by atoms with Gasteiger partial charge in [0, 0.05) is 43.0 Å². The highest BCUT2D eigenvalue weighted by Gasteiger charge is 2.40. The lowest BCUT2D eigenvalue weighted by atomic mass is 9.90. The highest BCUT2D eigenvalue weighted by molar-refractivity contribution is 7.15. The van der Waals surface area contributed by atoms with Crippen LogP contribution in [0.1, 0.15) is 49.1 Å². The zero-order valence-corrected chi connectivity index (χ0v) is 16.5. The van der Waals surface area contributed by atoms with Gasteiger partial charge in [0.15, 0.2) is 5.13 Å². The van der Waals surface area contributed by atoms with E-state index in [1.165, 1.54) is 23.4 Å². The summed E-state index contributed by atoms with van der Waals surface area (Å²) in [6, 6.07) is 3.46. The van der Waals surface area contributed by atoms with Crippen LogP contribution in [0.15, 0.2) is 0 Å². The summed E-state index contributed by atoms with van der Waals surface area (Å²) in [5.74, 6) is -0.143. The molecule has 4 heterocycles. The SMILES string of the molecule is N#CC(C(=O)N1CCc2nc(N3C4CCC3CNC4)sc2C1)C1CCCC1. The van der Waals surface area contributed by atoms with Crippen LogP contribution < -0.4 is 10.2 Å². The third-order valence-electron chi connectivity index (χ3n) is 6.91. The molecule has 3 aliphatic heterocycles. The first-order valence-electron chi connectivity index (χ1n) is 10.4. The number of piperazine rings is 1. The average Bonchev–Trinajstić information content (AvgIpc) is 3.39. The molecule has 2 saturated heterocycles. The molecule has 1 aromatic heterocycles. The first kappa shape index (κ1) is 17.4. The van der Waals surface area contributed by atoms with E-state index in [-0.39, 0.29) is 11.8 Å². The summed E-state index contributed by atoms with van der Waals surface area (Å²) in [6.07, 6.45) is 7.69. The molecule has 1 saturated carbocycles. The Labute approximate surface area is 164 Å². The number of hydrogen-bond acceptors (Lipinski definition) is 6. The highest BCUT2D eigenvalue weighted by atomic mass is 32.1. The molecular formula is C20H27N5OS. The number of carbonyl (C=O) groups is 1. The number of carbonyl (C=O) groups excluding carboxylic acids is 1. The molecule has 0 aromatic carbocycles. The van der Waals surface area contributed by atoms with Crippen LogP contribution in [0.4, 0.5) is 5.13 Å². The topological polar surface area (TPSA) is 72.3 Å². The van der Waals surface area contributed by atoms with Gasteiger partial charge in [-0.2, -0.15) is 5.26 Å². The minimum absolute atomic E-state index is 0.0484. The number of nitriles is 1. The maximum absolute atomic E-state index is 13.0. The van der Waals surface area contributed by atoms with E-state index in [1.54, 1.807) is 11.3 Å². The Morgan fingerprint density at radius 2 is 1.96 bits per heavy atom. The molecule has 1 amide bonds. The fourth-order valence-corrected chi connectivity index (χ4v) is 6.69. The zero-order chi connectivity index (χ0) is 18.4. The summed E-state index contributed by atoms with van der Waals surface area (Å²) < 4.78 is 0. The van der Waals surface area contributed by atoms with Crippen molar-refractivity contribution < 1.29 is 4.79 Å². The van der Waals surface area contributed by atoms with Gasteiger partial charge in [-0.25, -0.2) is 4.98 Å². The average molecular weight is 386 g/mol. The number of amides is 1. The third-order valence-corrected chi connectivity index (χ3v) is 8.00. The predicted molar refractivity (Wildman–Crippen MR) is 104 cm³/mol. The molecule has 3 atom stereocenters. The van der Waals surface area contributed by atoms with Crippen molar-refractivity contribution in [2.24, 2.45) is 11.8 Å². The number of nitrogens with one attached hydrogen (secondary N) is 1. The van der Waals surface area contributed by atoms with Gasteiger partial charge in [-0.3, -0.25) is 4.79 Å². The molecule has 7 heteroatoms. The summed E-state index contributed by atoms with van der Waals surface area (Å²) >= 11 is 1.77. The molecule has 3 fully saturated rings. The van der Waals surface area contributed by atoms with Crippen molar-refractivity contribution in [3.8, 4) is 6.07 Å². The Bertz CT molecular complexity index is 749. The van der Waals surface area contributed by atoms with Crippen molar-refractivity contribution in [2.45, 2.75) is 63.6 Å². The molecule has 0 spiro atoms. The maximum atomic E-state index is 13.0. The minimum atomic E-state index is -0.453. The van der Waals surface area contributed by atoms with Crippen LogP contribution >= 0.6 is 11.3 Å². The van der Waals surface area contributed by atoms with E-state index in [1.807, 2.05) is 4.90 Å². The zero-order valence-electron chi connectivity index (χ0n) is 15.7. The lowest BCUT2D eigenvalue weighted by Crippen LogP contribution is -2.51. The van der Waals surface area contributed by atoms with Crippen molar-refractivity contribution in [3.63, 3.8) is 0 Å². The van der Waals surface area contributed by atoms with E-state index < -0.39 is 5.92 Å². The molecule has 1 N–H and O–H groups in total. The van der Waals surface area contributed by atoms with Gasteiger partial charge in [-0.15, -0.1) is 0 Å². The van der Waals surface area contributed by atoms with E-state index in [4.69, 9.17) is 4.98 Å². The predicted octanol–water partition coefficient (Wildman–Crippen LogP) is 2.30. The van der Waals surface area contributed by atoms with E-state index in [2.05, 4.69) is 16.3 Å². The Morgan fingerprint density at radius 3 is 2.67 bits per heavy atom. The van der Waals surface area contributed by atoms with Gasteiger partial charge in [0.05, 0.1) is 18.3 Å². The molecule has 6 nitrogen and oxygen atoms in total. The van der Waals surface area contributed by atoms with Gasteiger partial charge >= 0.3 is 0 Å². The molecule has 2 bridgehead atoms. The van der Waals surface area contributed by atoms with Crippen LogP contribution in [-0.4, -0.2) is 47.5 Å². The minimum Gasteiger partial charge on any atom is -0.340 e. The normalized spacial score (nSPS) is 28.9. The fourth-order valence-electron chi connectivity index (χ4n) is 5.42. The lowest BCUT2D eigenvalue weighted by Gasteiger charge is -2.35. The van der Waals surface area contributed by atoms with Crippen LogP contribution in [-0.2, 0) is 17.8 Å². The number of rotatable bonds is 3. The van der Waals surface area contributed by atoms with E-state index in [0.717, 1.165) is 50.3 Å². The van der Waals surface area contributed by atoms with Gasteiger partial charge < -0.3 is 15.1 Å². The molecule has 1 aliphatic carbocycles. The highest BCUT2D eigenvalue weighted by Crippen LogP contribution is 2.39. The van der Waals surface area contributed by atoms with Crippen LogP contribution in [0, 0.1) is 23.2 Å². The number of hydrogen-bond donors (Lipinski definition) is 1. The number of nitrogens with zero attached hydrogens (tertiary/aromatic N) is 4. The van der Waals surface area contributed by atoms with Gasteiger partial charge in [0.25, 0.3) is 0 Å². The van der Waals surface area contributed by atoms with Gasteiger partial charge in [-0.05, 0) is 31.6 Å². The molecular weight excluding hydrogens is 358 g/mol. The van der Waals surface area contributed by atoms with E-state index in [0.29, 0.717) is 25.2 Å². The summed E-state index contributed by atoms with van der Waals surface area (Å²) in [6.45, 7) is 3.44. The largest absolute Gasteiger partial charge is 0.340 e. The van der Waals surface area contributed by atoms with Gasteiger partial charge in [0.2, 0.25) is 5.91 Å². The monoisotopic (exact) mass is 385 g/mol. The van der Waals surface area contributed by atoms with Crippen LogP contribution in [0.25, 0.3) is 0 Å². The van der Waals surface area contributed by atoms with Gasteiger partial charge in [0.1, 0.15) is 5.92 Å². The molecule has 144 valence electrons. The molecule has 4 aliphatic rings. The Kier molecular flexibility index (Phi) is 4.57. The summed E-state index contributed by atoms with van der Waals surface area (Å²) in [4.78, 5) is 23.7. The molecule has 0 radical (unpaired) electrons. The van der Waals surface area contributed by atoms with Crippen LogP contribution in [0.3, 0.4) is 0 Å². The molecule has 5 rings (SSSR count). The second kappa shape index (κ2) is 7.06. The quantitative estimate of drug-likeness (QED) is 0.864. The second-order valence-corrected chi connectivity index (χ2v) is 9.54. The fraction of sp³-hybridized carbons (Fsp3) is 0.750. The number of aromatic nitrogens is 1. The first-order chi connectivity index (χ1) is 13.2. The Morgan fingerprint density at radius 1 is 1.22 bits per heavy atom. The van der Waals surface area contributed by atoms with Crippen molar-refractivity contribution in [1.82, 2.24) is 15.2 Å². The number of fused-ring (bicyclic) bond motifs is 3. The van der Waals surface area contributed by atoms with Crippen molar-refractivity contribution in [3.05, 3.63) is 10.6 Å². The molecule has 3 unspecified atom stereocenters. The summed E-state index contributed by atoms with van der Waals surface area (Å²) in [5.41, 5.74) is 1.17. The van der Waals surface area contributed by atoms with Crippen LogP contribution in [0.5, 0.6) is 0 Å². The van der Waals surface area contributed by atoms with Gasteiger partial charge in [-0.1, -0.05) is 24.2 Å². The standard InChI is InChI=1S/C20H27N5OS/c21-9-16(13-3-1-2-4-13)19(26)24-8-7-17-18(12-24)27-20(23-17)25-14-5-6-15(25)11-22-10-14/h13-16,22H,1-8,10-12H2. The van der Waals surface area contributed by atoms with Crippen molar-refractivity contribution >= 4 is 22.4 Å². The van der Waals surface area contributed by atoms with E-state index >= 15 is 0 Å². The van der Waals surface area contributed by atoms with Crippen LogP contribution in [0.2, 0.25) is 0 Å². The van der Waals surface area contributed by atoms with Crippen molar-refractivity contribution in [1.29, 1.82) is 5.26 Å². The summed E-state index contributed by atoms with van der Waals surface area (Å²) in [7, 11) is 0. The molecule has 27 heavy (non-hydrogen) atoms. The Balaban J connectivity index is 1.32. The summed E-state index contributed by atoms with van der Waals surface area (Å²) in [5, 5.41) is 14.3.